The van der Waals surface area contributed by atoms with Crippen molar-refractivity contribution >= 4 is 46.4 Å². The Morgan fingerprint density at radius 2 is 1.55 bits per heavy atom. The van der Waals surface area contributed by atoms with Gasteiger partial charge in [0.25, 0.3) is 5.91 Å². The van der Waals surface area contributed by atoms with E-state index in [1.54, 1.807) is 18.2 Å². The van der Waals surface area contributed by atoms with Gasteiger partial charge in [0.15, 0.2) is 5.69 Å². The zero-order chi connectivity index (χ0) is 22.7. The molecule has 4 aliphatic rings. The van der Waals surface area contributed by atoms with E-state index in [0.717, 1.165) is 35.9 Å². The van der Waals surface area contributed by atoms with Crippen LogP contribution in [-0.2, 0) is 0 Å². The van der Waals surface area contributed by atoms with Gasteiger partial charge in [-0.2, -0.15) is 5.10 Å². The van der Waals surface area contributed by atoms with Crippen LogP contribution in [0, 0.1) is 11.8 Å². The molecule has 2 saturated carbocycles. The molecule has 1 amide bonds. The lowest BCUT2D eigenvalue weighted by Crippen LogP contribution is -2.31. The van der Waals surface area contributed by atoms with Crippen LogP contribution in [0.3, 0.4) is 0 Å². The highest BCUT2D eigenvalue weighted by molar-refractivity contribution is 6.36. The molecule has 4 aliphatic carbocycles. The average Bonchev–Trinajstić information content (AvgIpc) is 3.10. The normalized spacial score (nSPS) is 24.9. The van der Waals surface area contributed by atoms with E-state index in [1.165, 1.54) is 25.0 Å². The van der Waals surface area contributed by atoms with Crippen LogP contribution >= 0.6 is 34.8 Å². The molecule has 2 aromatic carbocycles. The number of carbonyl (C=O) groups is 1. The predicted molar refractivity (Wildman–Crippen MR) is 132 cm³/mol. The number of nitrogens with one attached hydrogen (secondary N) is 2. The summed E-state index contributed by atoms with van der Waals surface area (Å²) in [5.74, 6) is 2.02. The monoisotopic (exact) mass is 500 g/mol. The first-order valence-corrected chi connectivity index (χ1v) is 12.5. The summed E-state index contributed by atoms with van der Waals surface area (Å²) in [5, 5.41) is 6.52. The van der Waals surface area contributed by atoms with Crippen molar-refractivity contribution in [3.8, 4) is 5.69 Å². The van der Waals surface area contributed by atoms with Crippen molar-refractivity contribution in [3.63, 3.8) is 0 Å². The van der Waals surface area contributed by atoms with Gasteiger partial charge in [0, 0.05) is 21.5 Å². The van der Waals surface area contributed by atoms with E-state index < -0.39 is 0 Å². The molecule has 170 valence electrons. The fourth-order valence-electron chi connectivity index (χ4n) is 6.27. The smallest absolute Gasteiger partial charge is 0.290 e. The number of halogens is 3. The number of anilines is 1. The topological polar surface area (TPSA) is 59.0 Å². The largest absolute Gasteiger partial charge is 0.297 e. The van der Waals surface area contributed by atoms with Crippen molar-refractivity contribution in [2.75, 3.05) is 5.43 Å². The van der Waals surface area contributed by atoms with Crippen LogP contribution in [0.2, 0.25) is 15.1 Å². The Labute approximate surface area is 207 Å². The first-order valence-electron chi connectivity index (χ1n) is 11.4. The van der Waals surface area contributed by atoms with Crippen LogP contribution in [0.1, 0.15) is 65.7 Å². The van der Waals surface area contributed by atoms with Crippen LogP contribution in [-0.4, -0.2) is 15.7 Å². The van der Waals surface area contributed by atoms with Crippen LogP contribution in [0.15, 0.2) is 42.5 Å². The first-order chi connectivity index (χ1) is 16.0. The number of hydrazine groups is 1. The Balaban J connectivity index is 1.40. The van der Waals surface area contributed by atoms with Crippen LogP contribution in [0.25, 0.3) is 5.69 Å². The third kappa shape index (κ3) is 3.80. The minimum atomic E-state index is -0.258. The highest BCUT2D eigenvalue weighted by Gasteiger charge is 2.46. The van der Waals surface area contributed by atoms with Gasteiger partial charge in [0.1, 0.15) is 0 Å². The van der Waals surface area contributed by atoms with E-state index in [4.69, 9.17) is 39.9 Å². The molecule has 5 nitrogen and oxygen atoms in total. The van der Waals surface area contributed by atoms with Crippen molar-refractivity contribution in [2.24, 2.45) is 11.8 Å². The van der Waals surface area contributed by atoms with Gasteiger partial charge in [-0.3, -0.25) is 15.6 Å². The van der Waals surface area contributed by atoms with Gasteiger partial charge in [-0.25, -0.2) is 4.68 Å². The fraction of sp³-hybridized carbons (Fsp3) is 0.360. The van der Waals surface area contributed by atoms with Crippen LogP contribution in [0.5, 0.6) is 0 Å². The molecule has 1 heterocycles. The maximum Gasteiger partial charge on any atom is 0.290 e. The summed E-state index contributed by atoms with van der Waals surface area (Å²) < 4.78 is 1.99. The second kappa shape index (κ2) is 8.23. The van der Waals surface area contributed by atoms with Gasteiger partial charge in [-0.15, -0.1) is 0 Å². The molecule has 2 fully saturated rings. The average molecular weight is 502 g/mol. The molecule has 0 radical (unpaired) electrons. The molecule has 1 aromatic heterocycles. The molecule has 2 unspecified atom stereocenters. The summed E-state index contributed by atoms with van der Waals surface area (Å²) >= 11 is 18.4. The third-order valence-electron chi connectivity index (χ3n) is 7.42. The predicted octanol–water partition coefficient (Wildman–Crippen LogP) is 6.98. The van der Waals surface area contributed by atoms with Gasteiger partial charge >= 0.3 is 0 Å². The molecule has 4 bridgehead atoms. The van der Waals surface area contributed by atoms with Gasteiger partial charge in [0.2, 0.25) is 0 Å². The number of hydrogen-bond acceptors (Lipinski definition) is 3. The Kier molecular flexibility index (Phi) is 5.32. The number of amides is 1. The number of carbonyl (C=O) groups excluding carboxylic acids is 1. The third-order valence-corrected chi connectivity index (χ3v) is 8.22. The van der Waals surface area contributed by atoms with E-state index in [1.807, 2.05) is 28.9 Å². The molecule has 0 aliphatic heterocycles. The summed E-state index contributed by atoms with van der Waals surface area (Å²) in [7, 11) is 0. The van der Waals surface area contributed by atoms with Crippen molar-refractivity contribution < 1.29 is 4.79 Å². The van der Waals surface area contributed by atoms with E-state index in [2.05, 4.69) is 10.9 Å². The molecule has 3 aromatic rings. The van der Waals surface area contributed by atoms with Crippen molar-refractivity contribution in [1.82, 2.24) is 15.2 Å². The fourth-order valence-corrected chi connectivity index (χ4v) is 6.85. The summed E-state index contributed by atoms with van der Waals surface area (Å²) in [6.45, 7) is 0. The van der Waals surface area contributed by atoms with Crippen molar-refractivity contribution in [2.45, 2.75) is 43.9 Å². The zero-order valence-electron chi connectivity index (χ0n) is 17.8. The van der Waals surface area contributed by atoms with Crippen LogP contribution < -0.4 is 10.9 Å². The summed E-state index contributed by atoms with van der Waals surface area (Å²) in [5.41, 5.74) is 10.1. The highest BCUT2D eigenvalue weighted by Crippen LogP contribution is 2.57. The van der Waals surface area contributed by atoms with Crippen molar-refractivity contribution in [3.05, 3.63) is 74.5 Å². The van der Waals surface area contributed by atoms with Gasteiger partial charge < -0.3 is 0 Å². The number of aromatic nitrogens is 2. The minimum absolute atomic E-state index is 0.258. The highest BCUT2D eigenvalue weighted by atomic mass is 35.5. The lowest BCUT2D eigenvalue weighted by atomic mass is 9.67. The molecular weight excluding hydrogens is 479 g/mol. The number of hydrogen-bond donors (Lipinski definition) is 2. The second-order valence-corrected chi connectivity index (χ2v) is 10.8. The van der Waals surface area contributed by atoms with Gasteiger partial charge in [-0.1, -0.05) is 34.8 Å². The Hall–Kier alpha value is -2.21. The number of benzene rings is 2. The summed E-state index contributed by atoms with van der Waals surface area (Å²) in [4.78, 5) is 13.4. The number of nitrogens with zero attached hydrogens (tertiary/aromatic N) is 2. The Bertz CT molecular complexity index is 1230. The maximum absolute atomic E-state index is 13.4. The molecular formula is C25H23Cl3N4O. The Morgan fingerprint density at radius 1 is 0.879 bits per heavy atom. The molecule has 0 spiro atoms. The minimum Gasteiger partial charge on any atom is -0.297 e. The molecule has 7 rings (SSSR count). The van der Waals surface area contributed by atoms with Crippen LogP contribution in [0.4, 0.5) is 5.69 Å². The molecule has 2 N–H and O–H groups in total. The van der Waals surface area contributed by atoms with E-state index in [9.17, 15) is 4.79 Å². The number of rotatable bonds is 4. The van der Waals surface area contributed by atoms with E-state index in [0.29, 0.717) is 38.3 Å². The lowest BCUT2D eigenvalue weighted by Gasteiger charge is -2.38. The summed E-state index contributed by atoms with van der Waals surface area (Å²) in [6, 6.07) is 12.8. The summed E-state index contributed by atoms with van der Waals surface area (Å²) in [6.07, 6.45) is 5.97. The quantitative estimate of drug-likeness (QED) is 0.379. The molecule has 0 saturated heterocycles. The van der Waals surface area contributed by atoms with E-state index in [-0.39, 0.29) is 5.91 Å². The zero-order valence-corrected chi connectivity index (χ0v) is 20.1. The van der Waals surface area contributed by atoms with Gasteiger partial charge in [-0.05, 0) is 92.3 Å². The molecule has 8 heteroatoms. The standard InChI is InChI=1S/C25H23Cl3N4O/c26-17-1-4-19(5-2-17)32-24-16-10-13-7-14(11-16)9-15(8-13)22(24)23(31-32)25(33)30-29-21-6-3-18(27)12-20(21)28/h1-6,12-16,29H,7-11H2,(H,30,33). The van der Waals surface area contributed by atoms with E-state index >= 15 is 0 Å². The first kappa shape index (κ1) is 21.3. The molecule has 33 heavy (non-hydrogen) atoms. The molecule has 2 atom stereocenters. The maximum atomic E-state index is 13.4. The van der Waals surface area contributed by atoms with Crippen molar-refractivity contribution in [1.29, 1.82) is 0 Å². The van der Waals surface area contributed by atoms with Gasteiger partial charge in [0.05, 0.1) is 22.1 Å². The Morgan fingerprint density at radius 3 is 2.24 bits per heavy atom. The second-order valence-electron chi connectivity index (χ2n) is 9.54. The lowest BCUT2D eigenvalue weighted by molar-refractivity contribution is 0.0954. The SMILES string of the molecule is O=C(NNc1ccc(Cl)cc1Cl)c1nn(-c2ccc(Cl)cc2)c2c1C1CC3CC(C1)CC2C3.